The fourth-order valence-electron chi connectivity index (χ4n) is 1.39. The molecule has 0 aromatic carbocycles. The van der Waals surface area contributed by atoms with Crippen LogP contribution in [0.1, 0.15) is 32.4 Å². The van der Waals surface area contributed by atoms with E-state index in [1.165, 1.54) is 17.1 Å². The van der Waals surface area contributed by atoms with Gasteiger partial charge in [0.05, 0.1) is 12.5 Å². The Morgan fingerprint density at radius 2 is 2.29 bits per heavy atom. The summed E-state index contributed by atoms with van der Waals surface area (Å²) in [5.74, 6) is 2.35. The van der Waals surface area contributed by atoms with Crippen LogP contribution < -0.4 is 5.32 Å². The van der Waals surface area contributed by atoms with Gasteiger partial charge in [-0.3, -0.25) is 0 Å². The van der Waals surface area contributed by atoms with Gasteiger partial charge in [0.2, 0.25) is 0 Å². The minimum absolute atomic E-state index is 0.376. The van der Waals surface area contributed by atoms with Crippen molar-refractivity contribution in [2.75, 3.05) is 11.5 Å². The maximum absolute atomic E-state index is 5.05. The molecule has 1 rings (SSSR count). The lowest BCUT2D eigenvalue weighted by molar-refractivity contribution is 0.500. The molecule has 0 radical (unpaired) electrons. The molecule has 0 fully saturated rings. The van der Waals surface area contributed by atoms with Crippen LogP contribution in [0.4, 0.5) is 0 Å². The Kier molecular flexibility index (Phi) is 5.12. The molecule has 2 unspecified atom stereocenters. The number of nitrogens with one attached hydrogen (secondary N) is 1. The summed E-state index contributed by atoms with van der Waals surface area (Å²) in [4.78, 5) is 0. The average molecular weight is 213 g/mol. The van der Waals surface area contributed by atoms with Gasteiger partial charge in [-0.15, -0.1) is 0 Å². The summed E-state index contributed by atoms with van der Waals surface area (Å²) in [6.07, 6.45) is 3.52. The summed E-state index contributed by atoms with van der Waals surface area (Å²) in [5.41, 5.74) is 1.22. The predicted octanol–water partition coefficient (Wildman–Crippen LogP) is 3.07. The maximum atomic E-state index is 5.05. The molecule has 0 aliphatic carbocycles. The Labute approximate surface area is 90.5 Å². The first kappa shape index (κ1) is 11.7. The van der Waals surface area contributed by atoms with Crippen LogP contribution in [0.15, 0.2) is 23.0 Å². The summed E-state index contributed by atoms with van der Waals surface area (Å²) in [5, 5.41) is 3.54. The first-order valence-corrected chi connectivity index (χ1v) is 6.25. The molecule has 14 heavy (non-hydrogen) atoms. The third-order valence-corrected chi connectivity index (χ3v) is 3.29. The van der Waals surface area contributed by atoms with Crippen LogP contribution in [0.25, 0.3) is 0 Å². The zero-order valence-corrected chi connectivity index (χ0v) is 9.93. The zero-order valence-electron chi connectivity index (χ0n) is 9.12. The topological polar surface area (TPSA) is 25.2 Å². The first-order chi connectivity index (χ1) is 6.74. The summed E-state index contributed by atoms with van der Waals surface area (Å²) in [6.45, 7) is 6.58. The lowest BCUT2D eigenvalue weighted by Gasteiger charge is -2.18. The van der Waals surface area contributed by atoms with Crippen LogP contribution in [0.5, 0.6) is 0 Å². The summed E-state index contributed by atoms with van der Waals surface area (Å²) in [7, 11) is 0. The van der Waals surface area contributed by atoms with E-state index in [9.17, 15) is 0 Å². The Balaban J connectivity index is 2.29. The van der Waals surface area contributed by atoms with E-state index < -0.39 is 0 Å². The molecule has 0 amide bonds. The normalized spacial score (nSPS) is 15.4. The number of hydrogen-bond donors (Lipinski definition) is 1. The molecule has 2 atom stereocenters. The Bertz CT molecular complexity index is 235. The minimum atomic E-state index is 0.376. The molecule has 0 saturated heterocycles. The molecule has 0 spiro atoms. The van der Waals surface area contributed by atoms with Gasteiger partial charge in [-0.1, -0.05) is 6.92 Å². The second kappa shape index (κ2) is 6.14. The average Bonchev–Trinajstić information content (AvgIpc) is 2.67. The van der Waals surface area contributed by atoms with Gasteiger partial charge < -0.3 is 9.73 Å². The predicted molar refractivity (Wildman–Crippen MR) is 62.7 cm³/mol. The van der Waals surface area contributed by atoms with E-state index >= 15 is 0 Å². The highest BCUT2D eigenvalue weighted by atomic mass is 32.2. The van der Waals surface area contributed by atoms with Crippen molar-refractivity contribution in [3.8, 4) is 0 Å². The largest absolute Gasteiger partial charge is 0.472 e. The third-order valence-electron chi connectivity index (χ3n) is 2.15. The molecule has 1 N–H and O–H groups in total. The lowest BCUT2D eigenvalue weighted by atomic mass is 10.1. The van der Waals surface area contributed by atoms with Crippen molar-refractivity contribution in [1.29, 1.82) is 0 Å². The van der Waals surface area contributed by atoms with E-state index in [-0.39, 0.29) is 0 Å². The van der Waals surface area contributed by atoms with Crippen LogP contribution in [0.2, 0.25) is 0 Å². The summed E-state index contributed by atoms with van der Waals surface area (Å²) >= 11 is 1.97. The van der Waals surface area contributed by atoms with Gasteiger partial charge in [0, 0.05) is 23.4 Å². The molecule has 2 nitrogen and oxygen atoms in total. The van der Waals surface area contributed by atoms with E-state index in [0.717, 1.165) is 0 Å². The van der Waals surface area contributed by atoms with E-state index in [0.29, 0.717) is 12.1 Å². The van der Waals surface area contributed by atoms with Crippen LogP contribution >= 0.6 is 11.8 Å². The molecule has 0 aliphatic heterocycles. The maximum Gasteiger partial charge on any atom is 0.0950 e. The minimum Gasteiger partial charge on any atom is -0.472 e. The standard InChI is InChI=1S/C11H19NOS/c1-4-14-8-9(2)12-10(3)11-5-6-13-7-11/h5-7,9-10,12H,4,8H2,1-3H3. The molecular weight excluding hydrogens is 194 g/mol. The second-order valence-corrected chi connectivity index (χ2v) is 4.82. The molecule has 0 saturated carbocycles. The van der Waals surface area contributed by atoms with E-state index in [1.807, 2.05) is 17.8 Å². The smallest absolute Gasteiger partial charge is 0.0950 e. The van der Waals surface area contributed by atoms with Crippen LogP contribution in [0.3, 0.4) is 0 Å². The molecule has 0 aliphatic rings. The van der Waals surface area contributed by atoms with Gasteiger partial charge in [0.25, 0.3) is 0 Å². The van der Waals surface area contributed by atoms with Gasteiger partial charge in [-0.2, -0.15) is 11.8 Å². The van der Waals surface area contributed by atoms with Crippen molar-refractivity contribution in [3.63, 3.8) is 0 Å². The van der Waals surface area contributed by atoms with Crippen molar-refractivity contribution < 1.29 is 4.42 Å². The van der Waals surface area contributed by atoms with Gasteiger partial charge in [-0.05, 0) is 25.7 Å². The SMILES string of the molecule is CCSCC(C)NC(C)c1ccoc1. The van der Waals surface area contributed by atoms with Gasteiger partial charge in [0.1, 0.15) is 0 Å². The number of rotatable bonds is 6. The van der Waals surface area contributed by atoms with E-state index in [4.69, 9.17) is 4.42 Å². The van der Waals surface area contributed by atoms with Gasteiger partial charge in [0.15, 0.2) is 0 Å². The monoisotopic (exact) mass is 213 g/mol. The second-order valence-electron chi connectivity index (χ2n) is 3.51. The third kappa shape index (κ3) is 3.76. The van der Waals surface area contributed by atoms with Crippen molar-refractivity contribution in [3.05, 3.63) is 24.2 Å². The number of hydrogen-bond acceptors (Lipinski definition) is 3. The van der Waals surface area contributed by atoms with Crippen LogP contribution in [-0.4, -0.2) is 17.5 Å². The quantitative estimate of drug-likeness (QED) is 0.786. The molecule has 1 heterocycles. The van der Waals surface area contributed by atoms with Crippen molar-refractivity contribution in [2.45, 2.75) is 32.9 Å². The Morgan fingerprint density at radius 3 is 2.86 bits per heavy atom. The zero-order chi connectivity index (χ0) is 10.4. The first-order valence-electron chi connectivity index (χ1n) is 5.10. The fraction of sp³-hybridized carbons (Fsp3) is 0.636. The highest BCUT2D eigenvalue weighted by Gasteiger charge is 2.09. The van der Waals surface area contributed by atoms with Crippen LogP contribution in [-0.2, 0) is 0 Å². The highest BCUT2D eigenvalue weighted by Crippen LogP contribution is 2.14. The van der Waals surface area contributed by atoms with Gasteiger partial charge in [-0.25, -0.2) is 0 Å². The Morgan fingerprint density at radius 1 is 1.50 bits per heavy atom. The van der Waals surface area contributed by atoms with E-state index in [1.54, 1.807) is 12.5 Å². The molecular formula is C11H19NOS. The molecule has 80 valence electrons. The van der Waals surface area contributed by atoms with Crippen molar-refractivity contribution in [2.24, 2.45) is 0 Å². The molecule has 1 aromatic heterocycles. The van der Waals surface area contributed by atoms with Crippen molar-refractivity contribution in [1.82, 2.24) is 5.32 Å². The Hall–Kier alpha value is -0.410. The summed E-state index contributed by atoms with van der Waals surface area (Å²) in [6, 6.07) is 2.93. The van der Waals surface area contributed by atoms with E-state index in [2.05, 4.69) is 26.1 Å². The number of furan rings is 1. The van der Waals surface area contributed by atoms with Crippen LogP contribution in [0, 0.1) is 0 Å². The van der Waals surface area contributed by atoms with Crippen molar-refractivity contribution >= 4 is 11.8 Å². The van der Waals surface area contributed by atoms with Gasteiger partial charge >= 0.3 is 0 Å². The molecule has 1 aromatic rings. The summed E-state index contributed by atoms with van der Waals surface area (Å²) < 4.78 is 5.05. The number of thioether (sulfide) groups is 1. The highest BCUT2D eigenvalue weighted by molar-refractivity contribution is 7.99. The molecule has 3 heteroatoms. The fourth-order valence-corrected chi connectivity index (χ4v) is 2.07. The molecule has 0 bridgehead atoms. The lowest BCUT2D eigenvalue weighted by Crippen LogP contribution is -2.30.